The van der Waals surface area contributed by atoms with Crippen LogP contribution >= 0.6 is 0 Å². The molecule has 30 heavy (non-hydrogen) atoms. The number of benzene rings is 2. The molecular formula is C23H28N4O3. The summed E-state index contributed by atoms with van der Waals surface area (Å²) in [6.45, 7) is 1.51. The number of anilines is 2. The summed E-state index contributed by atoms with van der Waals surface area (Å²) in [6.07, 6.45) is 2.30. The van der Waals surface area contributed by atoms with Crippen LogP contribution in [0, 0.1) is 0 Å². The van der Waals surface area contributed by atoms with Crippen LogP contribution in [0.4, 0.5) is 11.5 Å². The van der Waals surface area contributed by atoms with Crippen LogP contribution in [0.2, 0.25) is 0 Å². The second-order valence-electron chi connectivity index (χ2n) is 7.45. The van der Waals surface area contributed by atoms with Gasteiger partial charge in [0.15, 0.2) is 11.5 Å². The Labute approximate surface area is 177 Å². The third-order valence-electron chi connectivity index (χ3n) is 5.40. The zero-order valence-electron chi connectivity index (χ0n) is 17.9. The van der Waals surface area contributed by atoms with Crippen molar-refractivity contribution in [1.82, 2.24) is 9.97 Å². The summed E-state index contributed by atoms with van der Waals surface area (Å²) in [4.78, 5) is 11.8. The number of fused-ring (bicyclic) bond motifs is 1. The molecular weight excluding hydrogens is 380 g/mol. The Hall–Kier alpha value is -3.22. The van der Waals surface area contributed by atoms with Gasteiger partial charge in [0.1, 0.15) is 17.4 Å². The van der Waals surface area contributed by atoms with E-state index in [-0.39, 0.29) is 0 Å². The van der Waals surface area contributed by atoms with E-state index in [0.29, 0.717) is 17.4 Å². The highest BCUT2D eigenvalue weighted by atomic mass is 16.5. The summed E-state index contributed by atoms with van der Waals surface area (Å²) in [5.74, 6) is 4.39. The first-order valence-electron chi connectivity index (χ1n) is 10.2. The molecule has 0 atom stereocenters. The lowest BCUT2D eigenvalue weighted by atomic mass is 10.2. The largest absolute Gasteiger partial charge is 0.495 e. The lowest BCUT2D eigenvalue weighted by Gasteiger charge is -2.22. The van der Waals surface area contributed by atoms with Crippen LogP contribution in [0.1, 0.15) is 24.6 Å². The minimum atomic E-state index is 0.458. The van der Waals surface area contributed by atoms with Crippen molar-refractivity contribution in [2.24, 2.45) is 0 Å². The predicted molar refractivity (Wildman–Crippen MR) is 119 cm³/mol. The number of nitrogens with zero attached hydrogens (tertiary/aromatic N) is 3. The van der Waals surface area contributed by atoms with Crippen molar-refractivity contribution in [3.05, 3.63) is 42.2 Å². The fraction of sp³-hybridized carbons (Fsp3) is 0.391. The number of methoxy groups -OCH3 is 3. The fourth-order valence-electron chi connectivity index (χ4n) is 3.54. The standard InChI is InChI=1S/C23H28N4O3/c1-27(18-7-5-6-8-19(18)28-2)12-11-24-23-16-13-20(29-3)21(30-4)14-17(16)25-22(26-23)15-9-10-15/h5-8,13-15H,9-12H2,1-4H3,(H,24,25,26). The van der Waals surface area contributed by atoms with Gasteiger partial charge in [0, 0.05) is 37.5 Å². The lowest BCUT2D eigenvalue weighted by molar-refractivity contribution is 0.356. The van der Waals surface area contributed by atoms with Gasteiger partial charge in [-0.05, 0) is 31.0 Å². The number of ether oxygens (including phenoxy) is 3. The maximum Gasteiger partial charge on any atom is 0.162 e. The van der Waals surface area contributed by atoms with Gasteiger partial charge in [0.25, 0.3) is 0 Å². The zero-order chi connectivity index (χ0) is 21.1. The van der Waals surface area contributed by atoms with Crippen molar-refractivity contribution in [3.8, 4) is 17.2 Å². The van der Waals surface area contributed by atoms with Gasteiger partial charge in [-0.1, -0.05) is 12.1 Å². The molecule has 0 bridgehead atoms. The van der Waals surface area contributed by atoms with Crippen molar-refractivity contribution in [2.75, 3.05) is 51.7 Å². The Kier molecular flexibility index (Phi) is 5.79. The Balaban J connectivity index is 1.58. The molecule has 0 spiro atoms. The Bertz CT molecular complexity index is 1040. The first-order valence-corrected chi connectivity index (χ1v) is 10.2. The van der Waals surface area contributed by atoms with Gasteiger partial charge in [-0.2, -0.15) is 0 Å². The summed E-state index contributed by atoms with van der Waals surface area (Å²) < 4.78 is 16.4. The highest BCUT2D eigenvalue weighted by Gasteiger charge is 2.28. The molecule has 7 nitrogen and oxygen atoms in total. The molecule has 1 N–H and O–H groups in total. The molecule has 2 aromatic carbocycles. The topological polar surface area (TPSA) is 68.7 Å². The van der Waals surface area contributed by atoms with Gasteiger partial charge in [0.2, 0.25) is 0 Å². The molecule has 3 aromatic rings. The average molecular weight is 409 g/mol. The number of nitrogens with one attached hydrogen (secondary N) is 1. The SMILES string of the molecule is COc1cc2nc(C3CC3)nc(NCCN(C)c3ccccc3OC)c2cc1OC. The molecule has 4 rings (SSSR count). The van der Waals surface area contributed by atoms with E-state index in [1.165, 1.54) is 0 Å². The number of aromatic nitrogens is 2. The van der Waals surface area contributed by atoms with Gasteiger partial charge in [-0.25, -0.2) is 9.97 Å². The zero-order valence-corrected chi connectivity index (χ0v) is 17.9. The number of para-hydroxylation sites is 2. The molecule has 1 fully saturated rings. The van der Waals surface area contributed by atoms with Crippen LogP contribution in [-0.2, 0) is 0 Å². The molecule has 1 heterocycles. The first kappa shape index (κ1) is 20.1. The second-order valence-corrected chi connectivity index (χ2v) is 7.45. The normalized spacial score (nSPS) is 13.2. The molecule has 7 heteroatoms. The van der Waals surface area contributed by atoms with E-state index in [1.807, 2.05) is 30.3 Å². The predicted octanol–water partition coefficient (Wildman–Crippen LogP) is 4.08. The number of likely N-dealkylation sites (N-methyl/N-ethyl adjacent to an activating group) is 1. The third kappa shape index (κ3) is 4.06. The van der Waals surface area contributed by atoms with Crippen LogP contribution < -0.4 is 24.4 Å². The molecule has 1 aliphatic carbocycles. The fourth-order valence-corrected chi connectivity index (χ4v) is 3.54. The van der Waals surface area contributed by atoms with Gasteiger partial charge < -0.3 is 24.4 Å². The maximum absolute atomic E-state index is 5.48. The van der Waals surface area contributed by atoms with Crippen LogP contribution in [0.3, 0.4) is 0 Å². The number of hydrogen-bond donors (Lipinski definition) is 1. The molecule has 0 unspecified atom stereocenters. The van der Waals surface area contributed by atoms with E-state index in [9.17, 15) is 0 Å². The molecule has 1 aliphatic rings. The van der Waals surface area contributed by atoms with Crippen molar-refractivity contribution in [3.63, 3.8) is 0 Å². The molecule has 0 amide bonds. The summed E-state index contributed by atoms with van der Waals surface area (Å²) in [5.41, 5.74) is 1.92. The monoisotopic (exact) mass is 408 g/mol. The third-order valence-corrected chi connectivity index (χ3v) is 5.40. The Morgan fingerprint density at radius 1 is 0.967 bits per heavy atom. The number of rotatable bonds is 9. The van der Waals surface area contributed by atoms with Crippen LogP contribution in [0.5, 0.6) is 17.2 Å². The smallest absolute Gasteiger partial charge is 0.162 e. The quantitative estimate of drug-likeness (QED) is 0.572. The molecule has 1 saturated carbocycles. The maximum atomic E-state index is 5.48. The van der Waals surface area contributed by atoms with Crippen molar-refractivity contribution < 1.29 is 14.2 Å². The molecule has 0 radical (unpaired) electrons. The summed E-state index contributed by atoms with van der Waals surface area (Å²) >= 11 is 0. The molecule has 0 saturated heterocycles. The van der Waals surface area contributed by atoms with Gasteiger partial charge in [-0.15, -0.1) is 0 Å². The van der Waals surface area contributed by atoms with Gasteiger partial charge >= 0.3 is 0 Å². The molecule has 1 aromatic heterocycles. The van der Waals surface area contributed by atoms with E-state index >= 15 is 0 Å². The van der Waals surface area contributed by atoms with Gasteiger partial charge in [0.05, 0.1) is 32.5 Å². The second kappa shape index (κ2) is 8.65. The average Bonchev–Trinajstić information content (AvgIpc) is 3.63. The van der Waals surface area contributed by atoms with Crippen molar-refractivity contribution in [2.45, 2.75) is 18.8 Å². The lowest BCUT2D eigenvalue weighted by Crippen LogP contribution is -2.25. The van der Waals surface area contributed by atoms with E-state index in [1.54, 1.807) is 21.3 Å². The molecule has 158 valence electrons. The van der Waals surface area contributed by atoms with E-state index in [4.69, 9.17) is 24.2 Å². The van der Waals surface area contributed by atoms with Crippen molar-refractivity contribution in [1.29, 1.82) is 0 Å². The van der Waals surface area contributed by atoms with E-state index in [0.717, 1.165) is 59.9 Å². The van der Waals surface area contributed by atoms with Gasteiger partial charge in [-0.3, -0.25) is 0 Å². The highest BCUT2D eigenvalue weighted by molar-refractivity contribution is 5.92. The summed E-state index contributed by atoms with van der Waals surface area (Å²) in [5, 5.41) is 4.44. The minimum absolute atomic E-state index is 0.458. The van der Waals surface area contributed by atoms with Crippen LogP contribution in [0.25, 0.3) is 10.9 Å². The van der Waals surface area contributed by atoms with Crippen molar-refractivity contribution >= 4 is 22.4 Å². The minimum Gasteiger partial charge on any atom is -0.495 e. The Morgan fingerprint density at radius 2 is 1.67 bits per heavy atom. The Morgan fingerprint density at radius 3 is 2.37 bits per heavy atom. The highest BCUT2D eigenvalue weighted by Crippen LogP contribution is 2.41. The van der Waals surface area contributed by atoms with Crippen LogP contribution in [0.15, 0.2) is 36.4 Å². The first-order chi connectivity index (χ1) is 14.6. The van der Waals surface area contributed by atoms with E-state index in [2.05, 4.69) is 23.3 Å². The van der Waals surface area contributed by atoms with E-state index < -0.39 is 0 Å². The molecule has 0 aliphatic heterocycles. The van der Waals surface area contributed by atoms with Crippen LogP contribution in [-0.4, -0.2) is 51.4 Å². The summed E-state index contributed by atoms with van der Waals surface area (Å²) in [7, 11) is 7.03. The number of hydrogen-bond acceptors (Lipinski definition) is 7. The summed E-state index contributed by atoms with van der Waals surface area (Å²) in [6, 6.07) is 11.9.